The molecular formula is C24H21N3O4. The summed E-state index contributed by atoms with van der Waals surface area (Å²) in [6.07, 6.45) is 3.41. The van der Waals surface area contributed by atoms with Crippen LogP contribution in [0.1, 0.15) is 21.7 Å². The molecule has 31 heavy (non-hydrogen) atoms. The summed E-state index contributed by atoms with van der Waals surface area (Å²) in [6, 6.07) is 18.3. The molecule has 0 aliphatic carbocycles. The van der Waals surface area contributed by atoms with Crippen molar-refractivity contribution in [2.45, 2.75) is 13.5 Å². The van der Waals surface area contributed by atoms with Crippen LogP contribution in [0, 0.1) is 6.92 Å². The van der Waals surface area contributed by atoms with Gasteiger partial charge in [-0.1, -0.05) is 35.0 Å². The molecule has 1 amide bonds. The van der Waals surface area contributed by atoms with Crippen molar-refractivity contribution in [3.63, 3.8) is 0 Å². The van der Waals surface area contributed by atoms with Crippen molar-refractivity contribution < 1.29 is 18.8 Å². The molecule has 4 aromatic rings. The lowest BCUT2D eigenvalue weighted by Gasteiger charge is -2.12. The number of methoxy groups -OCH3 is 1. The molecule has 2 heterocycles. The summed E-state index contributed by atoms with van der Waals surface area (Å²) in [5.41, 5.74) is 4.14. The Bertz CT molecular complexity index is 1170. The molecule has 7 heteroatoms. The molecule has 2 aromatic heterocycles. The minimum Gasteiger partial charge on any atom is -0.493 e. The number of aromatic nitrogens is 2. The second-order valence-corrected chi connectivity index (χ2v) is 6.91. The van der Waals surface area contributed by atoms with E-state index in [2.05, 4.69) is 15.5 Å². The maximum atomic E-state index is 12.6. The lowest BCUT2D eigenvalue weighted by Crippen LogP contribution is -2.11. The number of nitrogens with one attached hydrogen (secondary N) is 1. The van der Waals surface area contributed by atoms with E-state index in [9.17, 15) is 4.79 Å². The van der Waals surface area contributed by atoms with Crippen LogP contribution in [-0.4, -0.2) is 23.2 Å². The lowest BCUT2D eigenvalue weighted by atomic mass is 10.1. The summed E-state index contributed by atoms with van der Waals surface area (Å²) >= 11 is 0. The van der Waals surface area contributed by atoms with E-state index in [1.54, 1.807) is 43.8 Å². The first-order chi connectivity index (χ1) is 15.1. The average molecular weight is 415 g/mol. The Hall–Kier alpha value is -4.13. The monoisotopic (exact) mass is 415 g/mol. The number of amides is 1. The van der Waals surface area contributed by atoms with Gasteiger partial charge in [-0.3, -0.25) is 9.78 Å². The maximum absolute atomic E-state index is 12.6. The zero-order valence-electron chi connectivity index (χ0n) is 17.2. The van der Waals surface area contributed by atoms with Gasteiger partial charge in [-0.2, -0.15) is 0 Å². The predicted octanol–water partition coefficient (Wildman–Crippen LogP) is 4.88. The first kappa shape index (κ1) is 20.2. The molecule has 0 radical (unpaired) electrons. The quantitative estimate of drug-likeness (QED) is 0.463. The highest BCUT2D eigenvalue weighted by Crippen LogP contribution is 2.31. The summed E-state index contributed by atoms with van der Waals surface area (Å²) in [7, 11) is 1.56. The fourth-order valence-corrected chi connectivity index (χ4v) is 2.94. The van der Waals surface area contributed by atoms with Crippen LogP contribution in [0.5, 0.6) is 11.5 Å². The van der Waals surface area contributed by atoms with E-state index < -0.39 is 5.91 Å². The van der Waals surface area contributed by atoms with Crippen LogP contribution in [0.15, 0.2) is 77.6 Å². The van der Waals surface area contributed by atoms with Crippen LogP contribution < -0.4 is 14.8 Å². The smallest absolute Gasteiger partial charge is 0.294 e. The average Bonchev–Trinajstić information content (AvgIpc) is 3.29. The fourth-order valence-electron chi connectivity index (χ4n) is 2.94. The molecule has 0 aliphatic rings. The molecule has 0 fully saturated rings. The standard InChI is InChI=1S/C24H21N3O4/c1-16-3-5-18(6-4-16)20-14-23(31-27-20)24(28)26-19-7-8-21(29-2)22(13-19)30-15-17-9-11-25-12-10-17/h3-14H,15H2,1-2H3,(H,26,28). The number of anilines is 1. The lowest BCUT2D eigenvalue weighted by molar-refractivity contribution is 0.0988. The van der Waals surface area contributed by atoms with Crippen LogP contribution in [0.2, 0.25) is 0 Å². The van der Waals surface area contributed by atoms with Gasteiger partial charge in [0, 0.05) is 35.8 Å². The summed E-state index contributed by atoms with van der Waals surface area (Å²) in [6.45, 7) is 2.35. The summed E-state index contributed by atoms with van der Waals surface area (Å²) in [4.78, 5) is 16.6. The molecule has 7 nitrogen and oxygen atoms in total. The van der Waals surface area contributed by atoms with E-state index >= 15 is 0 Å². The predicted molar refractivity (Wildman–Crippen MR) is 116 cm³/mol. The number of rotatable bonds is 7. The molecule has 1 N–H and O–H groups in total. The summed E-state index contributed by atoms with van der Waals surface area (Å²) in [5, 5.41) is 6.80. The van der Waals surface area contributed by atoms with Crippen LogP contribution in [0.25, 0.3) is 11.3 Å². The van der Waals surface area contributed by atoms with Crippen LogP contribution in [0.4, 0.5) is 5.69 Å². The van der Waals surface area contributed by atoms with Gasteiger partial charge < -0.3 is 19.3 Å². The van der Waals surface area contributed by atoms with Crippen LogP contribution >= 0.6 is 0 Å². The first-order valence-electron chi connectivity index (χ1n) is 9.67. The van der Waals surface area contributed by atoms with Crippen molar-refractivity contribution in [2.75, 3.05) is 12.4 Å². The number of hydrogen-bond donors (Lipinski definition) is 1. The Morgan fingerprint density at radius 3 is 2.52 bits per heavy atom. The van der Waals surface area contributed by atoms with E-state index in [-0.39, 0.29) is 5.76 Å². The zero-order chi connectivity index (χ0) is 21.6. The van der Waals surface area contributed by atoms with Crippen molar-refractivity contribution in [3.05, 3.63) is 89.9 Å². The summed E-state index contributed by atoms with van der Waals surface area (Å²) in [5.74, 6) is 0.783. The molecule has 0 saturated heterocycles. The Morgan fingerprint density at radius 1 is 1.00 bits per heavy atom. The molecule has 0 aliphatic heterocycles. The van der Waals surface area contributed by atoms with Gasteiger partial charge in [0.1, 0.15) is 12.3 Å². The number of benzene rings is 2. The second-order valence-electron chi connectivity index (χ2n) is 6.91. The van der Waals surface area contributed by atoms with Crippen LogP contribution in [-0.2, 0) is 6.61 Å². The van der Waals surface area contributed by atoms with Crippen molar-refractivity contribution in [3.8, 4) is 22.8 Å². The number of ether oxygens (including phenoxy) is 2. The topological polar surface area (TPSA) is 86.5 Å². The number of carbonyl (C=O) groups is 1. The minimum atomic E-state index is -0.406. The SMILES string of the molecule is COc1ccc(NC(=O)c2cc(-c3ccc(C)cc3)no2)cc1OCc1ccncc1. The largest absolute Gasteiger partial charge is 0.493 e. The van der Waals surface area contributed by atoms with Gasteiger partial charge in [-0.15, -0.1) is 0 Å². The molecule has 0 atom stereocenters. The van der Waals surface area contributed by atoms with E-state index in [0.717, 1.165) is 16.7 Å². The second kappa shape index (κ2) is 9.13. The highest BCUT2D eigenvalue weighted by Gasteiger charge is 2.15. The highest BCUT2D eigenvalue weighted by atomic mass is 16.5. The van der Waals surface area contributed by atoms with Crippen molar-refractivity contribution in [1.82, 2.24) is 10.1 Å². The van der Waals surface area contributed by atoms with Gasteiger partial charge in [0.05, 0.1) is 7.11 Å². The van der Waals surface area contributed by atoms with Gasteiger partial charge in [0.2, 0.25) is 5.76 Å². The highest BCUT2D eigenvalue weighted by molar-refractivity contribution is 6.02. The van der Waals surface area contributed by atoms with Gasteiger partial charge in [-0.05, 0) is 36.8 Å². The van der Waals surface area contributed by atoms with Gasteiger partial charge in [0.25, 0.3) is 5.91 Å². The Morgan fingerprint density at radius 2 is 1.77 bits per heavy atom. The van der Waals surface area contributed by atoms with E-state index in [4.69, 9.17) is 14.0 Å². The Kier molecular flexibility index (Phi) is 5.93. The maximum Gasteiger partial charge on any atom is 0.294 e. The third-order valence-corrected chi connectivity index (χ3v) is 4.65. The molecule has 2 aromatic carbocycles. The van der Waals surface area contributed by atoms with Gasteiger partial charge in [0.15, 0.2) is 11.5 Å². The molecule has 0 spiro atoms. The van der Waals surface area contributed by atoms with E-state index in [0.29, 0.717) is 29.5 Å². The number of hydrogen-bond acceptors (Lipinski definition) is 6. The third-order valence-electron chi connectivity index (χ3n) is 4.65. The van der Waals surface area contributed by atoms with Crippen molar-refractivity contribution in [2.24, 2.45) is 0 Å². The van der Waals surface area contributed by atoms with Gasteiger partial charge in [-0.25, -0.2) is 0 Å². The van der Waals surface area contributed by atoms with E-state index in [1.165, 1.54) is 0 Å². The molecule has 156 valence electrons. The van der Waals surface area contributed by atoms with E-state index in [1.807, 2.05) is 43.3 Å². The number of carbonyl (C=O) groups excluding carboxylic acids is 1. The zero-order valence-corrected chi connectivity index (χ0v) is 17.2. The molecular weight excluding hydrogens is 394 g/mol. The fraction of sp³-hybridized carbons (Fsp3) is 0.125. The van der Waals surface area contributed by atoms with Crippen molar-refractivity contribution >= 4 is 11.6 Å². The Balaban J connectivity index is 1.47. The third kappa shape index (κ3) is 4.90. The number of pyridine rings is 1. The molecule has 4 rings (SSSR count). The molecule has 0 unspecified atom stereocenters. The Labute approximate surface area is 179 Å². The first-order valence-corrected chi connectivity index (χ1v) is 9.67. The normalized spacial score (nSPS) is 10.5. The van der Waals surface area contributed by atoms with Crippen LogP contribution in [0.3, 0.4) is 0 Å². The molecule has 0 saturated carbocycles. The minimum absolute atomic E-state index is 0.116. The number of aryl methyl sites for hydroxylation is 1. The number of nitrogens with zero attached hydrogens (tertiary/aromatic N) is 2. The summed E-state index contributed by atoms with van der Waals surface area (Å²) < 4.78 is 16.5. The van der Waals surface area contributed by atoms with Gasteiger partial charge >= 0.3 is 0 Å². The molecule has 0 bridgehead atoms. The van der Waals surface area contributed by atoms with Crippen molar-refractivity contribution in [1.29, 1.82) is 0 Å².